The SMILES string of the molecule is Nc1c(N[O-])ccc2ccccc12. The number of rotatable bonds is 1. The van der Waals surface area contributed by atoms with Crippen LogP contribution in [-0.4, -0.2) is 0 Å². The first-order valence-electron chi connectivity index (χ1n) is 3.98. The molecule has 13 heavy (non-hydrogen) atoms. The van der Waals surface area contributed by atoms with E-state index in [4.69, 9.17) is 5.73 Å². The highest BCUT2D eigenvalue weighted by atomic mass is 16.5. The lowest BCUT2D eigenvalue weighted by Gasteiger charge is -2.13. The van der Waals surface area contributed by atoms with Crippen LogP contribution in [0.4, 0.5) is 11.4 Å². The van der Waals surface area contributed by atoms with Gasteiger partial charge in [0.25, 0.3) is 0 Å². The number of hydrogen-bond donors (Lipinski definition) is 2. The van der Waals surface area contributed by atoms with E-state index in [1.165, 1.54) is 0 Å². The van der Waals surface area contributed by atoms with Crippen LogP contribution in [0.1, 0.15) is 0 Å². The molecule has 0 radical (unpaired) electrons. The molecule has 0 fully saturated rings. The van der Waals surface area contributed by atoms with Gasteiger partial charge in [0.15, 0.2) is 0 Å². The van der Waals surface area contributed by atoms with E-state index < -0.39 is 0 Å². The molecule has 0 saturated heterocycles. The average molecular weight is 173 g/mol. The monoisotopic (exact) mass is 173 g/mol. The molecule has 3 nitrogen and oxygen atoms in total. The molecule has 2 aromatic carbocycles. The summed E-state index contributed by atoms with van der Waals surface area (Å²) in [5, 5.41) is 12.4. The summed E-state index contributed by atoms with van der Waals surface area (Å²) >= 11 is 0. The highest BCUT2D eigenvalue weighted by Gasteiger charge is 1.99. The Bertz CT molecular complexity index is 440. The second kappa shape index (κ2) is 2.95. The van der Waals surface area contributed by atoms with Gasteiger partial charge in [-0.1, -0.05) is 30.3 Å². The minimum atomic E-state index is 0.429. The first-order valence-corrected chi connectivity index (χ1v) is 3.98. The van der Waals surface area contributed by atoms with Crippen molar-refractivity contribution >= 4 is 22.1 Å². The third-order valence-electron chi connectivity index (χ3n) is 2.08. The van der Waals surface area contributed by atoms with Crippen molar-refractivity contribution in [2.24, 2.45) is 0 Å². The second-order valence-electron chi connectivity index (χ2n) is 2.85. The fourth-order valence-electron chi connectivity index (χ4n) is 1.38. The standard InChI is InChI=1S/C10H9N2O/c11-10-8-4-2-1-3-7(8)5-6-9(10)12-13/h1-6,12H,11H2/q-1. The Labute approximate surface area is 75.8 Å². The summed E-state index contributed by atoms with van der Waals surface area (Å²) in [5.41, 5.74) is 8.52. The van der Waals surface area contributed by atoms with Gasteiger partial charge in [0, 0.05) is 11.1 Å². The molecule has 0 atom stereocenters. The summed E-state index contributed by atoms with van der Waals surface area (Å²) < 4.78 is 0. The Morgan fingerprint density at radius 1 is 1.08 bits per heavy atom. The Morgan fingerprint density at radius 2 is 1.85 bits per heavy atom. The molecule has 0 aliphatic carbocycles. The summed E-state index contributed by atoms with van der Waals surface area (Å²) in [6.45, 7) is 0. The first kappa shape index (κ1) is 7.89. The predicted molar refractivity (Wildman–Crippen MR) is 55.4 cm³/mol. The molecule has 0 aromatic heterocycles. The van der Waals surface area contributed by atoms with Crippen molar-refractivity contribution in [3.8, 4) is 0 Å². The molecular weight excluding hydrogens is 164 g/mol. The fraction of sp³-hybridized carbons (Fsp3) is 0. The van der Waals surface area contributed by atoms with Crippen molar-refractivity contribution in [2.45, 2.75) is 0 Å². The Kier molecular flexibility index (Phi) is 1.79. The van der Waals surface area contributed by atoms with Crippen LogP contribution in [0.5, 0.6) is 0 Å². The van der Waals surface area contributed by atoms with Crippen LogP contribution in [0.3, 0.4) is 0 Å². The van der Waals surface area contributed by atoms with Gasteiger partial charge in [0.05, 0.1) is 5.69 Å². The predicted octanol–water partition coefficient (Wildman–Crippen LogP) is 2.33. The van der Waals surface area contributed by atoms with Gasteiger partial charge in [-0.05, 0) is 11.5 Å². The van der Waals surface area contributed by atoms with Crippen LogP contribution >= 0.6 is 0 Å². The van der Waals surface area contributed by atoms with Gasteiger partial charge in [-0.25, -0.2) is 0 Å². The number of nitrogen functional groups attached to an aromatic ring is 1. The van der Waals surface area contributed by atoms with Crippen LogP contribution in [0.15, 0.2) is 36.4 Å². The van der Waals surface area contributed by atoms with E-state index in [-0.39, 0.29) is 0 Å². The molecule has 0 spiro atoms. The zero-order valence-electron chi connectivity index (χ0n) is 6.95. The lowest BCUT2D eigenvalue weighted by molar-refractivity contribution is 1.63. The third kappa shape index (κ3) is 1.19. The van der Waals surface area contributed by atoms with Gasteiger partial charge in [-0.2, -0.15) is 0 Å². The molecule has 66 valence electrons. The number of nitrogens with one attached hydrogen (secondary N) is 1. The summed E-state index contributed by atoms with van der Waals surface area (Å²) in [7, 11) is 0. The average Bonchev–Trinajstić information content (AvgIpc) is 2.19. The molecule has 0 saturated carbocycles. The van der Waals surface area contributed by atoms with Crippen LogP contribution in [0.25, 0.3) is 10.8 Å². The van der Waals surface area contributed by atoms with Gasteiger partial charge in [-0.3, -0.25) is 0 Å². The van der Waals surface area contributed by atoms with Crippen LogP contribution in [-0.2, 0) is 0 Å². The topological polar surface area (TPSA) is 61.1 Å². The highest BCUT2D eigenvalue weighted by molar-refractivity contribution is 5.98. The molecule has 0 bridgehead atoms. The summed E-state index contributed by atoms with van der Waals surface area (Å²) in [5.74, 6) is 0. The molecule has 2 rings (SSSR count). The van der Waals surface area contributed by atoms with E-state index in [9.17, 15) is 5.21 Å². The molecule has 3 heteroatoms. The molecule has 0 aliphatic heterocycles. The molecule has 0 heterocycles. The number of nitrogens with two attached hydrogens (primary N) is 1. The molecule has 0 unspecified atom stereocenters. The van der Waals surface area contributed by atoms with Crippen molar-refractivity contribution in [1.29, 1.82) is 0 Å². The van der Waals surface area contributed by atoms with Crippen molar-refractivity contribution in [1.82, 2.24) is 0 Å². The van der Waals surface area contributed by atoms with Gasteiger partial charge in [-0.15, -0.1) is 0 Å². The first-order chi connectivity index (χ1) is 6.33. The summed E-state index contributed by atoms with van der Waals surface area (Å²) in [6.07, 6.45) is 0. The van der Waals surface area contributed by atoms with E-state index in [2.05, 4.69) is 0 Å². The third-order valence-corrected chi connectivity index (χ3v) is 2.08. The van der Waals surface area contributed by atoms with E-state index in [0.29, 0.717) is 11.4 Å². The maximum Gasteiger partial charge on any atom is 0.0621 e. The molecule has 0 amide bonds. The van der Waals surface area contributed by atoms with Crippen LogP contribution < -0.4 is 11.2 Å². The zero-order valence-corrected chi connectivity index (χ0v) is 6.95. The van der Waals surface area contributed by atoms with E-state index >= 15 is 0 Å². The van der Waals surface area contributed by atoms with Crippen molar-refractivity contribution in [3.05, 3.63) is 41.6 Å². The van der Waals surface area contributed by atoms with Crippen molar-refractivity contribution in [3.63, 3.8) is 0 Å². The lowest BCUT2D eigenvalue weighted by Crippen LogP contribution is -1.94. The van der Waals surface area contributed by atoms with Crippen LogP contribution in [0.2, 0.25) is 0 Å². The quantitative estimate of drug-likeness (QED) is 0.514. The Morgan fingerprint density at radius 3 is 2.62 bits per heavy atom. The molecule has 3 N–H and O–H groups in total. The van der Waals surface area contributed by atoms with Crippen molar-refractivity contribution in [2.75, 3.05) is 11.2 Å². The van der Waals surface area contributed by atoms with E-state index in [1.54, 1.807) is 6.07 Å². The minimum absolute atomic E-state index is 0.429. The van der Waals surface area contributed by atoms with Crippen molar-refractivity contribution < 1.29 is 0 Å². The summed E-state index contributed by atoms with van der Waals surface area (Å²) in [4.78, 5) is 0. The van der Waals surface area contributed by atoms with E-state index in [0.717, 1.165) is 10.8 Å². The lowest BCUT2D eigenvalue weighted by atomic mass is 10.1. The Balaban J connectivity index is 2.79. The second-order valence-corrected chi connectivity index (χ2v) is 2.85. The molecule has 0 aliphatic rings. The van der Waals surface area contributed by atoms with Crippen LogP contribution in [0, 0.1) is 5.21 Å². The fourth-order valence-corrected chi connectivity index (χ4v) is 1.38. The smallest absolute Gasteiger partial charge is 0.0621 e. The molecular formula is C10H9N2O-. The minimum Gasteiger partial charge on any atom is -0.761 e. The summed E-state index contributed by atoms with van der Waals surface area (Å²) in [6, 6.07) is 11.2. The largest absolute Gasteiger partial charge is 0.761 e. The number of benzene rings is 2. The van der Waals surface area contributed by atoms with Gasteiger partial charge in [0.2, 0.25) is 0 Å². The van der Waals surface area contributed by atoms with Gasteiger partial charge >= 0.3 is 0 Å². The van der Waals surface area contributed by atoms with Gasteiger partial charge < -0.3 is 16.4 Å². The normalized spacial score (nSPS) is 10.2. The maximum absolute atomic E-state index is 10.5. The number of hydrogen-bond acceptors (Lipinski definition) is 3. The number of fused-ring (bicyclic) bond motifs is 1. The highest BCUT2D eigenvalue weighted by Crippen LogP contribution is 2.27. The van der Waals surface area contributed by atoms with Gasteiger partial charge in [0.1, 0.15) is 0 Å². The Hall–Kier alpha value is -1.74. The zero-order chi connectivity index (χ0) is 9.26. The number of anilines is 2. The molecule has 2 aromatic rings. The van der Waals surface area contributed by atoms with E-state index in [1.807, 2.05) is 35.8 Å². The maximum atomic E-state index is 10.5.